The van der Waals surface area contributed by atoms with Crippen LogP contribution in [0.3, 0.4) is 0 Å². The average Bonchev–Trinajstić information content (AvgIpc) is 2.61. The Labute approximate surface area is 91.4 Å². The van der Waals surface area contributed by atoms with Gasteiger partial charge in [-0.3, -0.25) is 0 Å². The highest BCUT2D eigenvalue weighted by Crippen LogP contribution is 2.24. The summed E-state index contributed by atoms with van der Waals surface area (Å²) in [5.74, 6) is -0.229. The van der Waals surface area contributed by atoms with E-state index in [0.29, 0.717) is 12.4 Å². The summed E-state index contributed by atoms with van der Waals surface area (Å²) in [4.78, 5) is 11.5. The van der Waals surface area contributed by atoms with Gasteiger partial charge < -0.3 is 19.5 Å². The van der Waals surface area contributed by atoms with E-state index in [1.807, 2.05) is 0 Å². The third kappa shape index (κ3) is 2.71. The number of rotatable bonds is 4. The summed E-state index contributed by atoms with van der Waals surface area (Å²) in [6, 6.07) is 1.42. The number of thiophene rings is 1. The molecule has 0 aliphatic rings. The van der Waals surface area contributed by atoms with Gasteiger partial charge in [-0.1, -0.05) is 0 Å². The lowest BCUT2D eigenvalue weighted by molar-refractivity contribution is 0.0602. The molecule has 15 heavy (non-hydrogen) atoms. The largest absolute Gasteiger partial charge is 0.499 e. The summed E-state index contributed by atoms with van der Waals surface area (Å²) < 4.78 is 9.97. The van der Waals surface area contributed by atoms with Gasteiger partial charge in [-0.05, 0) is 13.0 Å². The van der Waals surface area contributed by atoms with Crippen LogP contribution in [0.25, 0.3) is 0 Å². The molecule has 0 radical (unpaired) electrons. The van der Waals surface area contributed by atoms with E-state index in [1.54, 1.807) is 6.92 Å². The van der Waals surface area contributed by atoms with Crippen LogP contribution in [-0.4, -0.2) is 36.9 Å². The molecule has 0 aromatic carbocycles. The lowest BCUT2D eigenvalue weighted by Gasteiger charge is -2.01. The molecule has 0 bridgehead atoms. The second-order valence-corrected chi connectivity index (χ2v) is 3.72. The molecule has 82 valence electrons. The summed E-state index contributed by atoms with van der Waals surface area (Å²) in [7, 11) is -0.347. The van der Waals surface area contributed by atoms with Crippen molar-refractivity contribution >= 4 is 29.2 Å². The van der Waals surface area contributed by atoms with E-state index in [2.05, 4.69) is 4.74 Å². The fourth-order valence-electron chi connectivity index (χ4n) is 1.02. The van der Waals surface area contributed by atoms with Crippen LogP contribution in [0.5, 0.6) is 5.75 Å². The average molecular weight is 230 g/mol. The first-order valence-corrected chi connectivity index (χ1v) is 5.12. The Morgan fingerprint density at radius 2 is 2.27 bits per heavy atom. The zero-order valence-corrected chi connectivity index (χ0v) is 9.21. The summed E-state index contributed by atoms with van der Waals surface area (Å²) in [5, 5.41) is 17.9. The molecule has 0 aliphatic carbocycles. The minimum absolute atomic E-state index is 0.238. The van der Waals surface area contributed by atoms with Crippen LogP contribution in [-0.2, 0) is 4.74 Å². The Morgan fingerprint density at radius 1 is 1.60 bits per heavy atom. The van der Waals surface area contributed by atoms with E-state index in [-0.39, 0.29) is 9.65 Å². The maximum Gasteiger partial charge on any atom is 0.499 e. The first-order valence-electron chi connectivity index (χ1n) is 4.31. The normalized spacial score (nSPS) is 9.87. The van der Waals surface area contributed by atoms with Crippen LogP contribution >= 0.6 is 11.3 Å². The molecule has 0 amide bonds. The predicted octanol–water partition coefficient (Wildman–Crippen LogP) is -0.387. The minimum atomic E-state index is -1.60. The lowest BCUT2D eigenvalue weighted by atomic mass is 9.90. The topological polar surface area (TPSA) is 76.0 Å². The highest BCUT2D eigenvalue weighted by atomic mass is 32.1. The standard InChI is InChI=1S/C8H11BO5S/c1-3-14-5-4-6(9(11)12)15-7(5)8(10)13-2/h4,11-12H,3H2,1-2H3. The summed E-state index contributed by atoms with van der Waals surface area (Å²) in [6.45, 7) is 2.16. The maximum absolute atomic E-state index is 11.3. The van der Waals surface area contributed by atoms with Gasteiger partial charge in [-0.15, -0.1) is 11.3 Å². The van der Waals surface area contributed by atoms with Crippen LogP contribution in [0.1, 0.15) is 16.6 Å². The van der Waals surface area contributed by atoms with Crippen molar-refractivity contribution in [1.82, 2.24) is 0 Å². The second-order valence-electron chi connectivity index (χ2n) is 2.64. The van der Waals surface area contributed by atoms with Crippen molar-refractivity contribution in [2.45, 2.75) is 6.92 Å². The van der Waals surface area contributed by atoms with E-state index in [1.165, 1.54) is 13.2 Å². The van der Waals surface area contributed by atoms with Gasteiger partial charge >= 0.3 is 13.1 Å². The minimum Gasteiger partial charge on any atom is -0.492 e. The van der Waals surface area contributed by atoms with Gasteiger partial charge in [0.05, 0.1) is 13.7 Å². The molecule has 2 N–H and O–H groups in total. The molecule has 1 heterocycles. The van der Waals surface area contributed by atoms with Gasteiger partial charge in [0.2, 0.25) is 0 Å². The van der Waals surface area contributed by atoms with Gasteiger partial charge in [0.25, 0.3) is 0 Å². The van der Waals surface area contributed by atoms with Crippen molar-refractivity contribution in [3.05, 3.63) is 10.9 Å². The molecular formula is C8H11BO5S. The Morgan fingerprint density at radius 3 is 2.73 bits per heavy atom. The monoisotopic (exact) mass is 230 g/mol. The molecule has 0 saturated carbocycles. The summed E-state index contributed by atoms with van der Waals surface area (Å²) >= 11 is 0.941. The van der Waals surface area contributed by atoms with Crippen molar-refractivity contribution < 1.29 is 24.3 Å². The number of methoxy groups -OCH3 is 1. The zero-order chi connectivity index (χ0) is 11.4. The molecule has 0 unspecified atom stereocenters. The van der Waals surface area contributed by atoms with E-state index < -0.39 is 13.1 Å². The number of carbonyl (C=O) groups excluding carboxylic acids is 1. The smallest absolute Gasteiger partial charge is 0.492 e. The Hall–Kier alpha value is -1.05. The van der Waals surface area contributed by atoms with E-state index in [0.717, 1.165) is 11.3 Å². The van der Waals surface area contributed by atoms with Gasteiger partial charge in [0.1, 0.15) is 5.75 Å². The van der Waals surface area contributed by atoms with Gasteiger partial charge in [-0.25, -0.2) is 4.79 Å². The molecule has 1 aromatic rings. The fraction of sp³-hybridized carbons (Fsp3) is 0.375. The number of ether oxygens (including phenoxy) is 2. The first-order chi connectivity index (χ1) is 7.10. The van der Waals surface area contributed by atoms with Crippen molar-refractivity contribution in [3.63, 3.8) is 0 Å². The number of carbonyl (C=O) groups is 1. The maximum atomic E-state index is 11.3. The third-order valence-electron chi connectivity index (χ3n) is 1.64. The first kappa shape index (κ1) is 12.0. The fourth-order valence-corrected chi connectivity index (χ4v) is 1.91. The molecule has 0 fully saturated rings. The van der Waals surface area contributed by atoms with E-state index in [9.17, 15) is 4.79 Å². The van der Waals surface area contributed by atoms with Crippen molar-refractivity contribution in [2.24, 2.45) is 0 Å². The Kier molecular flexibility index (Phi) is 4.13. The van der Waals surface area contributed by atoms with E-state index in [4.69, 9.17) is 14.8 Å². The third-order valence-corrected chi connectivity index (χ3v) is 2.78. The van der Waals surface area contributed by atoms with Crippen LogP contribution in [0.2, 0.25) is 0 Å². The molecule has 1 aromatic heterocycles. The summed E-state index contributed by atoms with van der Waals surface area (Å²) in [5.41, 5.74) is 0. The van der Waals surface area contributed by atoms with Crippen molar-refractivity contribution in [1.29, 1.82) is 0 Å². The zero-order valence-electron chi connectivity index (χ0n) is 8.39. The predicted molar refractivity (Wildman–Crippen MR) is 56.7 cm³/mol. The SMILES string of the molecule is CCOc1cc(B(O)O)sc1C(=O)OC. The molecule has 0 aliphatic heterocycles. The van der Waals surface area contributed by atoms with Crippen molar-refractivity contribution in [2.75, 3.05) is 13.7 Å². The van der Waals surface area contributed by atoms with Crippen LogP contribution in [0.4, 0.5) is 0 Å². The van der Waals surface area contributed by atoms with Crippen LogP contribution < -0.4 is 9.51 Å². The van der Waals surface area contributed by atoms with E-state index >= 15 is 0 Å². The highest BCUT2D eigenvalue weighted by Gasteiger charge is 2.23. The van der Waals surface area contributed by atoms with Crippen LogP contribution in [0.15, 0.2) is 6.07 Å². The van der Waals surface area contributed by atoms with Crippen molar-refractivity contribution in [3.8, 4) is 5.75 Å². The van der Waals surface area contributed by atoms with Gasteiger partial charge in [0.15, 0.2) is 4.88 Å². The van der Waals surface area contributed by atoms with Gasteiger partial charge in [0, 0.05) is 4.78 Å². The lowest BCUT2D eigenvalue weighted by Crippen LogP contribution is -2.26. The molecule has 5 nitrogen and oxygen atoms in total. The molecule has 0 spiro atoms. The number of hydrogen-bond donors (Lipinski definition) is 2. The number of hydrogen-bond acceptors (Lipinski definition) is 6. The molecule has 1 rings (SSSR count). The molecule has 7 heteroatoms. The second kappa shape index (κ2) is 5.15. The molecular weight excluding hydrogens is 219 g/mol. The van der Waals surface area contributed by atoms with Crippen LogP contribution in [0, 0.1) is 0 Å². The Bertz CT molecular complexity index is 349. The molecule has 0 atom stereocenters. The highest BCUT2D eigenvalue weighted by molar-refractivity contribution is 7.23. The Balaban J connectivity index is 3.05. The number of esters is 1. The summed E-state index contributed by atoms with van der Waals surface area (Å²) in [6.07, 6.45) is 0. The van der Waals surface area contributed by atoms with Gasteiger partial charge in [-0.2, -0.15) is 0 Å². The molecule has 0 saturated heterocycles. The quantitative estimate of drug-likeness (QED) is 0.544.